The Labute approximate surface area is 58.9 Å². The Bertz CT molecular complexity index is 76.8. The molecule has 0 aromatic carbocycles. The summed E-state index contributed by atoms with van der Waals surface area (Å²) in [6, 6.07) is 0. The average Bonchev–Trinajstić information content (AvgIpc) is 2.48. The monoisotopic (exact) mass is 154 g/mol. The molecule has 0 bridgehead atoms. The molecule has 0 aromatic heterocycles. The van der Waals surface area contributed by atoms with Gasteiger partial charge in [-0.2, -0.15) is 0 Å². The van der Waals surface area contributed by atoms with Gasteiger partial charge < -0.3 is 4.74 Å². The minimum absolute atomic E-state index is 0.301. The van der Waals surface area contributed by atoms with E-state index in [0.717, 1.165) is 6.42 Å². The van der Waals surface area contributed by atoms with E-state index >= 15 is 0 Å². The second-order valence-electron chi connectivity index (χ2n) is 1.84. The third-order valence-corrected chi connectivity index (χ3v) is 1.76. The largest absolute Gasteiger partial charge is 0.368 e. The summed E-state index contributed by atoms with van der Waals surface area (Å²) in [5, 5.41) is 0. The lowest BCUT2D eigenvalue weighted by Gasteiger charge is -1.82. The van der Waals surface area contributed by atoms with Crippen LogP contribution in [-0.4, -0.2) is 24.0 Å². The fourth-order valence-electron chi connectivity index (χ4n) is 0.676. The van der Waals surface area contributed by atoms with Crippen molar-refractivity contribution < 1.29 is 4.74 Å². The number of ether oxygens (including phenoxy) is 1. The van der Waals surface area contributed by atoms with E-state index in [0.29, 0.717) is 24.0 Å². The highest BCUT2D eigenvalue weighted by Crippen LogP contribution is 2.26. The van der Waals surface area contributed by atoms with Crippen LogP contribution in [0, 0.1) is 0 Å². The van der Waals surface area contributed by atoms with E-state index < -0.39 is 0 Å². The van der Waals surface area contributed by atoms with Crippen molar-refractivity contribution >= 4 is 23.2 Å². The van der Waals surface area contributed by atoms with Gasteiger partial charge in [0.2, 0.25) is 0 Å². The van der Waals surface area contributed by atoms with Crippen molar-refractivity contribution in [2.24, 2.45) is 0 Å². The van der Waals surface area contributed by atoms with Crippen molar-refractivity contribution in [1.82, 2.24) is 0 Å². The number of hydrogen-bond acceptors (Lipinski definition) is 1. The van der Waals surface area contributed by atoms with Crippen LogP contribution in [0.1, 0.15) is 6.42 Å². The van der Waals surface area contributed by atoms with Crippen LogP contribution in [0.15, 0.2) is 0 Å². The number of rotatable bonds is 3. The molecule has 0 amide bonds. The van der Waals surface area contributed by atoms with E-state index in [4.69, 9.17) is 27.9 Å². The number of halogens is 2. The van der Waals surface area contributed by atoms with Crippen LogP contribution in [0.3, 0.4) is 0 Å². The first-order valence-electron chi connectivity index (χ1n) is 2.66. The molecule has 1 nitrogen and oxygen atoms in total. The van der Waals surface area contributed by atoms with Crippen LogP contribution in [0.2, 0.25) is 0 Å². The van der Waals surface area contributed by atoms with E-state index in [2.05, 4.69) is 0 Å². The molecule has 1 heterocycles. The third-order valence-electron chi connectivity index (χ3n) is 1.23. The van der Waals surface area contributed by atoms with Gasteiger partial charge in [-0.3, -0.25) is 0 Å². The van der Waals surface area contributed by atoms with Gasteiger partial charge in [-0.25, -0.2) is 0 Å². The summed E-state index contributed by atoms with van der Waals surface area (Å²) in [7, 11) is 0. The Hall–Kier alpha value is 0.540. The molecule has 1 fully saturated rings. The molecule has 0 N–H and O–H groups in total. The number of alkyl halides is 2. The van der Waals surface area contributed by atoms with Gasteiger partial charge in [0.25, 0.3) is 0 Å². The zero-order valence-corrected chi connectivity index (χ0v) is 5.95. The van der Waals surface area contributed by atoms with Gasteiger partial charge in [0.15, 0.2) is 0 Å². The third kappa shape index (κ3) is 1.51. The van der Waals surface area contributed by atoms with Gasteiger partial charge in [0.1, 0.15) is 0 Å². The standard InChI is InChI=1S/C5H8Cl2O/c6-2-1-4-5(3-7)8-4/h4-5H,1-3H2. The molecule has 0 radical (unpaired) electrons. The van der Waals surface area contributed by atoms with Crippen molar-refractivity contribution in [2.75, 3.05) is 11.8 Å². The molecule has 1 rings (SSSR count). The van der Waals surface area contributed by atoms with E-state index in [-0.39, 0.29) is 0 Å². The molecule has 0 aliphatic carbocycles. The zero-order chi connectivity index (χ0) is 5.98. The Morgan fingerprint density at radius 3 is 2.38 bits per heavy atom. The summed E-state index contributed by atoms with van der Waals surface area (Å²) < 4.78 is 5.09. The summed E-state index contributed by atoms with van der Waals surface area (Å²) in [6.07, 6.45) is 1.61. The van der Waals surface area contributed by atoms with Gasteiger partial charge in [-0.15, -0.1) is 23.2 Å². The van der Waals surface area contributed by atoms with Crippen LogP contribution in [0.4, 0.5) is 0 Å². The van der Waals surface area contributed by atoms with E-state index in [9.17, 15) is 0 Å². The molecule has 0 spiro atoms. The van der Waals surface area contributed by atoms with Gasteiger partial charge >= 0.3 is 0 Å². The highest BCUT2D eigenvalue weighted by Gasteiger charge is 2.36. The molecule has 0 aromatic rings. The molecule has 2 atom stereocenters. The van der Waals surface area contributed by atoms with Crippen molar-refractivity contribution in [3.63, 3.8) is 0 Å². The van der Waals surface area contributed by atoms with Crippen molar-refractivity contribution in [2.45, 2.75) is 18.6 Å². The first-order valence-corrected chi connectivity index (χ1v) is 3.72. The minimum Gasteiger partial charge on any atom is -0.368 e. The summed E-state index contributed by atoms with van der Waals surface area (Å²) in [5.74, 6) is 1.29. The highest BCUT2D eigenvalue weighted by atomic mass is 35.5. The Kier molecular flexibility index (Phi) is 2.42. The topological polar surface area (TPSA) is 12.5 Å². The van der Waals surface area contributed by atoms with Crippen LogP contribution in [0.5, 0.6) is 0 Å². The van der Waals surface area contributed by atoms with Crippen LogP contribution in [0.25, 0.3) is 0 Å². The summed E-state index contributed by atoms with van der Waals surface area (Å²) in [5.41, 5.74) is 0. The maximum Gasteiger partial charge on any atom is 0.0977 e. The van der Waals surface area contributed by atoms with Crippen molar-refractivity contribution in [3.05, 3.63) is 0 Å². The lowest BCUT2D eigenvalue weighted by Crippen LogP contribution is -1.94. The smallest absolute Gasteiger partial charge is 0.0977 e. The average molecular weight is 155 g/mol. The molecular formula is C5H8Cl2O. The molecular weight excluding hydrogens is 147 g/mol. The molecule has 2 unspecified atom stereocenters. The second-order valence-corrected chi connectivity index (χ2v) is 2.53. The summed E-state index contributed by atoms with van der Waals surface area (Å²) >= 11 is 10.9. The first-order chi connectivity index (χ1) is 3.88. The van der Waals surface area contributed by atoms with Gasteiger partial charge in [-0.05, 0) is 6.42 Å². The zero-order valence-electron chi connectivity index (χ0n) is 4.44. The molecule has 1 aliphatic rings. The minimum atomic E-state index is 0.301. The van der Waals surface area contributed by atoms with Crippen LogP contribution < -0.4 is 0 Å². The fourth-order valence-corrected chi connectivity index (χ4v) is 1.16. The SMILES string of the molecule is ClCCC1OC1CCl. The Morgan fingerprint density at radius 1 is 1.25 bits per heavy atom. The van der Waals surface area contributed by atoms with E-state index in [1.165, 1.54) is 0 Å². The first kappa shape index (κ1) is 6.66. The normalized spacial score (nSPS) is 35.2. The second kappa shape index (κ2) is 2.90. The maximum atomic E-state index is 5.46. The molecule has 3 heteroatoms. The number of epoxide rings is 1. The van der Waals surface area contributed by atoms with Gasteiger partial charge in [-0.1, -0.05) is 0 Å². The quantitative estimate of drug-likeness (QED) is 0.445. The molecule has 8 heavy (non-hydrogen) atoms. The Balaban J connectivity index is 1.99. The molecule has 0 saturated carbocycles. The molecule has 1 saturated heterocycles. The lowest BCUT2D eigenvalue weighted by molar-refractivity contribution is 0.377. The van der Waals surface area contributed by atoms with E-state index in [1.54, 1.807) is 0 Å². The maximum absolute atomic E-state index is 5.46. The number of hydrogen-bond donors (Lipinski definition) is 0. The Morgan fingerprint density at radius 2 is 2.00 bits per heavy atom. The fraction of sp³-hybridized carbons (Fsp3) is 1.00. The predicted octanol–water partition coefficient (Wildman–Crippen LogP) is 1.62. The lowest BCUT2D eigenvalue weighted by atomic mass is 10.3. The molecule has 48 valence electrons. The van der Waals surface area contributed by atoms with Crippen LogP contribution >= 0.6 is 23.2 Å². The van der Waals surface area contributed by atoms with E-state index in [1.807, 2.05) is 0 Å². The van der Waals surface area contributed by atoms with Crippen molar-refractivity contribution in [3.8, 4) is 0 Å². The summed E-state index contributed by atoms with van der Waals surface area (Å²) in [6.45, 7) is 0. The predicted molar refractivity (Wildman–Crippen MR) is 34.7 cm³/mol. The molecule has 1 aliphatic heterocycles. The van der Waals surface area contributed by atoms with Crippen LogP contribution in [-0.2, 0) is 4.74 Å². The van der Waals surface area contributed by atoms with Crippen molar-refractivity contribution in [1.29, 1.82) is 0 Å². The van der Waals surface area contributed by atoms with Gasteiger partial charge in [0.05, 0.1) is 18.1 Å². The van der Waals surface area contributed by atoms with Gasteiger partial charge in [0, 0.05) is 5.88 Å². The highest BCUT2D eigenvalue weighted by molar-refractivity contribution is 6.18. The summed E-state index contributed by atoms with van der Waals surface area (Å²) in [4.78, 5) is 0.